The molecule has 0 radical (unpaired) electrons. The number of fused-ring (bicyclic) bond motifs is 10. The van der Waals surface area contributed by atoms with Gasteiger partial charge in [-0.1, -0.05) is 121 Å². The molecule has 13 rings (SSSR count). The van der Waals surface area contributed by atoms with E-state index in [2.05, 4.69) is 209 Å². The molecule has 3 heteroatoms. The number of nitrogens with zero attached hydrogens (tertiary/aromatic N) is 3. The number of aromatic nitrogens is 3. The number of benzene rings is 9. The number of hydrogen-bond acceptors (Lipinski definition) is 1. The van der Waals surface area contributed by atoms with E-state index in [-0.39, 0.29) is 0 Å². The van der Waals surface area contributed by atoms with Crippen molar-refractivity contribution in [2.24, 2.45) is 0 Å². The summed E-state index contributed by atoms with van der Waals surface area (Å²) in [5.74, 6) is 0. The maximum absolute atomic E-state index is 5.20. The van der Waals surface area contributed by atoms with E-state index >= 15 is 0 Å². The van der Waals surface area contributed by atoms with Crippen molar-refractivity contribution in [2.45, 2.75) is 0 Å². The van der Waals surface area contributed by atoms with E-state index in [1.54, 1.807) is 0 Å². The lowest BCUT2D eigenvalue weighted by atomic mass is 10.00. The van der Waals surface area contributed by atoms with Crippen molar-refractivity contribution in [1.82, 2.24) is 14.1 Å². The predicted molar refractivity (Wildman–Crippen MR) is 243 cm³/mol. The molecule has 0 saturated heterocycles. The molecule has 9 aromatic carbocycles. The van der Waals surface area contributed by atoms with Gasteiger partial charge < -0.3 is 9.13 Å². The Morgan fingerprint density at radius 3 is 1.64 bits per heavy atom. The van der Waals surface area contributed by atoms with Crippen molar-refractivity contribution in [3.8, 4) is 56.0 Å². The average Bonchev–Trinajstić information content (AvgIpc) is 3.91. The Balaban J connectivity index is 0.965. The maximum atomic E-state index is 5.20. The summed E-state index contributed by atoms with van der Waals surface area (Å²) in [7, 11) is 0. The van der Waals surface area contributed by atoms with Gasteiger partial charge in [-0.2, -0.15) is 0 Å². The molecule has 1 aliphatic rings. The fourth-order valence-electron chi connectivity index (χ4n) is 9.78. The van der Waals surface area contributed by atoms with Gasteiger partial charge in [-0.15, -0.1) is 0 Å². The fourth-order valence-corrected chi connectivity index (χ4v) is 9.78. The Hall–Kier alpha value is -7.75. The summed E-state index contributed by atoms with van der Waals surface area (Å²) in [5, 5.41) is 8.72. The molecule has 0 unspecified atom stereocenters. The van der Waals surface area contributed by atoms with Crippen LogP contribution in [0.4, 0.5) is 0 Å². The van der Waals surface area contributed by atoms with Gasteiger partial charge in [0.25, 0.3) is 0 Å². The minimum absolute atomic E-state index is 0.990. The molecule has 3 heterocycles. The number of para-hydroxylation sites is 2. The van der Waals surface area contributed by atoms with Crippen LogP contribution < -0.4 is 0 Å². The highest BCUT2D eigenvalue weighted by Gasteiger charge is 2.23. The quantitative estimate of drug-likeness (QED) is 0.176. The van der Waals surface area contributed by atoms with Crippen LogP contribution >= 0.6 is 0 Å². The van der Waals surface area contributed by atoms with Gasteiger partial charge in [-0.05, 0) is 123 Å². The summed E-state index contributed by atoms with van der Waals surface area (Å²) in [5.41, 5.74) is 17.8. The summed E-state index contributed by atoms with van der Waals surface area (Å²) in [6, 6.07) is 73.2. The Labute approximate surface area is 334 Å². The highest BCUT2D eigenvalue weighted by molar-refractivity contribution is 6.16. The van der Waals surface area contributed by atoms with Gasteiger partial charge in [0.2, 0.25) is 0 Å². The zero-order valence-electron chi connectivity index (χ0n) is 31.4. The lowest BCUT2D eigenvalue weighted by molar-refractivity contribution is 1.18. The lowest BCUT2D eigenvalue weighted by Crippen LogP contribution is -1.94. The van der Waals surface area contributed by atoms with Crippen LogP contribution in [0.2, 0.25) is 0 Å². The number of hydrogen-bond donors (Lipinski definition) is 0. The number of rotatable bonds is 4. The molecule has 0 spiro atoms. The van der Waals surface area contributed by atoms with Gasteiger partial charge >= 0.3 is 0 Å². The highest BCUT2D eigenvalue weighted by Crippen LogP contribution is 2.48. The molecule has 0 bridgehead atoms. The molecule has 3 aromatic heterocycles. The van der Waals surface area contributed by atoms with E-state index in [1.165, 1.54) is 98.8 Å². The third-order valence-corrected chi connectivity index (χ3v) is 12.4. The molecular formula is C55H33N3. The standard InChI is InChI=1S/C55H33N3/c1-2-13-39(14-3-1)57-51-20-9-8-17-43(51)45-30-37(23-27-52(45)57)38-24-28-53-46(31-38)47-29-35-11-4-5-12-36(35)32-54(47)58(53)40-25-21-34(22-26-40)50-33-48-42-16-7-6-15-41(42)44-18-10-19-49(56-50)55(44)48/h1-33H. The highest BCUT2D eigenvalue weighted by atomic mass is 15.0. The Bertz CT molecular complexity index is 3660. The minimum atomic E-state index is 0.990. The Morgan fingerprint density at radius 1 is 0.310 bits per heavy atom. The van der Waals surface area contributed by atoms with Crippen LogP contribution in [0.1, 0.15) is 0 Å². The van der Waals surface area contributed by atoms with Crippen LogP contribution in [-0.2, 0) is 0 Å². The monoisotopic (exact) mass is 735 g/mol. The van der Waals surface area contributed by atoms with E-state index < -0.39 is 0 Å². The molecule has 0 fully saturated rings. The van der Waals surface area contributed by atoms with Crippen LogP contribution in [0, 0.1) is 0 Å². The Kier molecular flexibility index (Phi) is 6.44. The first kappa shape index (κ1) is 31.5. The summed E-state index contributed by atoms with van der Waals surface area (Å²) < 4.78 is 4.80. The van der Waals surface area contributed by atoms with E-state index in [4.69, 9.17) is 4.98 Å². The van der Waals surface area contributed by atoms with E-state index in [0.29, 0.717) is 0 Å². The molecular weight excluding hydrogens is 703 g/mol. The predicted octanol–water partition coefficient (Wildman–Crippen LogP) is 14.6. The molecule has 0 atom stereocenters. The van der Waals surface area contributed by atoms with Gasteiger partial charge in [-0.3, -0.25) is 0 Å². The topological polar surface area (TPSA) is 22.8 Å². The molecule has 58 heavy (non-hydrogen) atoms. The Morgan fingerprint density at radius 2 is 0.862 bits per heavy atom. The molecule has 268 valence electrons. The van der Waals surface area contributed by atoms with Crippen LogP contribution in [0.25, 0.3) is 121 Å². The van der Waals surface area contributed by atoms with Crippen molar-refractivity contribution < 1.29 is 0 Å². The zero-order valence-corrected chi connectivity index (χ0v) is 31.4. The molecule has 1 aliphatic carbocycles. The first-order valence-corrected chi connectivity index (χ1v) is 20.0. The molecule has 12 aromatic rings. The smallest absolute Gasteiger partial charge is 0.0722 e. The normalized spacial score (nSPS) is 12.1. The molecule has 0 aliphatic heterocycles. The van der Waals surface area contributed by atoms with E-state index in [1.807, 2.05) is 0 Å². The summed E-state index contributed by atoms with van der Waals surface area (Å²) in [6.07, 6.45) is 0. The third-order valence-electron chi connectivity index (χ3n) is 12.4. The van der Waals surface area contributed by atoms with Gasteiger partial charge in [-0.25, -0.2) is 4.98 Å². The van der Waals surface area contributed by atoms with E-state index in [0.717, 1.165) is 22.5 Å². The molecule has 0 N–H and O–H groups in total. The molecule has 0 amide bonds. The van der Waals surface area contributed by atoms with Gasteiger partial charge in [0.05, 0.1) is 33.3 Å². The zero-order chi connectivity index (χ0) is 37.9. The van der Waals surface area contributed by atoms with Crippen molar-refractivity contribution in [3.05, 3.63) is 200 Å². The second-order valence-electron chi connectivity index (χ2n) is 15.6. The first-order valence-electron chi connectivity index (χ1n) is 20.0. The second-order valence-corrected chi connectivity index (χ2v) is 15.6. The van der Waals surface area contributed by atoms with Crippen molar-refractivity contribution in [1.29, 1.82) is 0 Å². The van der Waals surface area contributed by atoms with Gasteiger partial charge in [0.1, 0.15) is 0 Å². The van der Waals surface area contributed by atoms with Crippen molar-refractivity contribution in [3.63, 3.8) is 0 Å². The van der Waals surface area contributed by atoms with Crippen molar-refractivity contribution in [2.75, 3.05) is 0 Å². The summed E-state index contributed by atoms with van der Waals surface area (Å²) >= 11 is 0. The number of pyridine rings is 1. The first-order chi connectivity index (χ1) is 28.7. The molecule has 3 nitrogen and oxygen atoms in total. The molecule has 0 saturated carbocycles. The van der Waals surface area contributed by atoms with Gasteiger partial charge in [0.15, 0.2) is 0 Å². The minimum Gasteiger partial charge on any atom is -0.309 e. The lowest BCUT2D eigenvalue weighted by Gasteiger charge is -2.11. The summed E-state index contributed by atoms with van der Waals surface area (Å²) in [6.45, 7) is 0. The third kappa shape index (κ3) is 4.47. The summed E-state index contributed by atoms with van der Waals surface area (Å²) in [4.78, 5) is 5.20. The largest absolute Gasteiger partial charge is 0.309 e. The second kappa shape index (κ2) is 11.9. The SMILES string of the molecule is c1ccc(-n2c3ccccc3c3cc(-c4ccc5c(c4)c4cc6ccccc6cc4n5-c4ccc(-c5cc6c7c(cccc7n5)-c5ccccc5-6)cc4)ccc32)cc1. The van der Waals surface area contributed by atoms with Gasteiger partial charge in [0, 0.05) is 43.9 Å². The van der Waals surface area contributed by atoms with Crippen LogP contribution in [0.3, 0.4) is 0 Å². The average molecular weight is 736 g/mol. The van der Waals surface area contributed by atoms with Crippen LogP contribution in [0.15, 0.2) is 200 Å². The van der Waals surface area contributed by atoms with Crippen molar-refractivity contribution >= 4 is 65.3 Å². The fraction of sp³-hybridized carbons (Fsp3) is 0. The van der Waals surface area contributed by atoms with Crippen LogP contribution in [-0.4, -0.2) is 14.1 Å². The van der Waals surface area contributed by atoms with Crippen LogP contribution in [0.5, 0.6) is 0 Å². The maximum Gasteiger partial charge on any atom is 0.0722 e. The van der Waals surface area contributed by atoms with E-state index in [9.17, 15) is 0 Å².